The van der Waals surface area contributed by atoms with Crippen LogP contribution in [0.25, 0.3) is 0 Å². The van der Waals surface area contributed by atoms with Crippen LogP contribution in [0.2, 0.25) is 0 Å². The second kappa shape index (κ2) is 8.08. The van der Waals surface area contributed by atoms with E-state index in [1.165, 1.54) is 23.5 Å². The number of nitrogens with two attached hydrogens (primary N) is 1. The van der Waals surface area contributed by atoms with Crippen LogP contribution < -0.4 is 10.6 Å². The number of methoxy groups -OCH3 is 1. The fourth-order valence-corrected chi connectivity index (χ4v) is 3.71. The van der Waals surface area contributed by atoms with Gasteiger partial charge in [0.05, 0.1) is 17.9 Å². The van der Waals surface area contributed by atoms with Crippen LogP contribution >= 0.6 is 0 Å². The first-order valence-corrected chi connectivity index (χ1v) is 8.02. The molecule has 0 atom stereocenters. The highest BCUT2D eigenvalue weighted by atomic mass is 32.2. The van der Waals surface area contributed by atoms with Crippen molar-refractivity contribution in [1.82, 2.24) is 4.31 Å². The fraction of sp³-hybridized carbons (Fsp3) is 0.462. The van der Waals surface area contributed by atoms with Gasteiger partial charge in [-0.1, -0.05) is 0 Å². The quantitative estimate of drug-likeness (QED) is 0.685. The van der Waals surface area contributed by atoms with Gasteiger partial charge in [0.25, 0.3) is 0 Å². The average molecular weight is 332 g/mol. The van der Waals surface area contributed by atoms with E-state index in [9.17, 15) is 13.2 Å². The molecule has 0 aliphatic carbocycles. The highest BCUT2D eigenvalue weighted by molar-refractivity contribution is 7.89. The van der Waals surface area contributed by atoms with E-state index in [1.54, 1.807) is 12.1 Å². The van der Waals surface area contributed by atoms with Crippen LogP contribution in [0.5, 0.6) is 5.75 Å². The van der Waals surface area contributed by atoms with E-state index in [2.05, 4.69) is 5.90 Å². The summed E-state index contributed by atoms with van der Waals surface area (Å²) in [4.78, 5) is 11.1. The third kappa shape index (κ3) is 4.17. The summed E-state index contributed by atoms with van der Waals surface area (Å²) in [6, 6.07) is 6.18. The molecule has 0 bridgehead atoms. The molecule has 22 heavy (non-hydrogen) atoms. The van der Waals surface area contributed by atoms with Gasteiger partial charge >= 0.3 is 5.97 Å². The Morgan fingerprint density at radius 1 is 1.23 bits per heavy atom. The topological polar surface area (TPSA) is 130 Å². The Hall–Kier alpha value is -1.68. The number of sulfonamides is 1. The van der Waals surface area contributed by atoms with Crippen LogP contribution in [-0.2, 0) is 14.8 Å². The van der Waals surface area contributed by atoms with Crippen LogP contribution in [0, 0.1) is 5.92 Å². The summed E-state index contributed by atoms with van der Waals surface area (Å²) < 4.78 is 31.1. The van der Waals surface area contributed by atoms with E-state index < -0.39 is 21.9 Å². The molecule has 0 amide bonds. The monoisotopic (exact) mass is 332 g/mol. The van der Waals surface area contributed by atoms with Gasteiger partial charge in [-0.3, -0.25) is 4.79 Å². The Morgan fingerprint density at radius 3 is 2.14 bits per heavy atom. The van der Waals surface area contributed by atoms with Gasteiger partial charge in [-0.2, -0.15) is 4.31 Å². The SMILES string of the molecule is COc1ccc(S(=O)(=O)N2CCC(C(=O)O)CC2)cc1.NO. The minimum absolute atomic E-state index is 0.201. The Labute approximate surface area is 129 Å². The summed E-state index contributed by atoms with van der Waals surface area (Å²) in [7, 11) is -2.04. The van der Waals surface area contributed by atoms with Crippen molar-refractivity contribution in [3.8, 4) is 5.75 Å². The average Bonchev–Trinajstić information content (AvgIpc) is 2.56. The molecule has 2 rings (SSSR count). The second-order valence-electron chi connectivity index (χ2n) is 4.69. The van der Waals surface area contributed by atoms with E-state index in [-0.39, 0.29) is 18.0 Å². The number of carboxylic acid groups (broad SMARTS) is 1. The minimum atomic E-state index is -3.55. The van der Waals surface area contributed by atoms with Crippen LogP contribution in [-0.4, -0.2) is 49.2 Å². The van der Waals surface area contributed by atoms with Crippen molar-refractivity contribution in [2.24, 2.45) is 11.8 Å². The molecule has 0 saturated carbocycles. The van der Waals surface area contributed by atoms with Crippen LogP contribution in [0.1, 0.15) is 12.8 Å². The summed E-state index contributed by atoms with van der Waals surface area (Å²) in [5.74, 6) is 2.79. The summed E-state index contributed by atoms with van der Waals surface area (Å²) >= 11 is 0. The maximum absolute atomic E-state index is 12.4. The summed E-state index contributed by atoms with van der Waals surface area (Å²) in [6.07, 6.45) is 0.704. The summed E-state index contributed by atoms with van der Waals surface area (Å²) in [5, 5.41) is 15.4. The number of benzene rings is 1. The van der Waals surface area contributed by atoms with Gasteiger partial charge in [-0.15, -0.1) is 0 Å². The van der Waals surface area contributed by atoms with Crippen molar-refractivity contribution in [1.29, 1.82) is 0 Å². The van der Waals surface area contributed by atoms with E-state index >= 15 is 0 Å². The number of carboxylic acids is 1. The normalized spacial score (nSPS) is 16.5. The smallest absolute Gasteiger partial charge is 0.306 e. The number of hydrogen-bond acceptors (Lipinski definition) is 6. The van der Waals surface area contributed by atoms with E-state index in [4.69, 9.17) is 15.1 Å². The predicted molar refractivity (Wildman–Crippen MR) is 78.1 cm³/mol. The van der Waals surface area contributed by atoms with Gasteiger partial charge in [-0.05, 0) is 37.1 Å². The number of carbonyl (C=O) groups is 1. The number of nitrogens with zero attached hydrogens (tertiary/aromatic N) is 1. The lowest BCUT2D eigenvalue weighted by Gasteiger charge is -2.29. The number of piperidine rings is 1. The molecule has 9 heteroatoms. The molecule has 1 aliphatic rings. The van der Waals surface area contributed by atoms with Crippen molar-refractivity contribution in [2.75, 3.05) is 20.2 Å². The fourth-order valence-electron chi connectivity index (χ4n) is 2.24. The Balaban J connectivity index is 0.00000116. The number of ether oxygens (including phenoxy) is 1. The molecule has 1 fully saturated rings. The highest BCUT2D eigenvalue weighted by Crippen LogP contribution is 2.25. The lowest BCUT2D eigenvalue weighted by atomic mass is 9.99. The molecule has 0 radical (unpaired) electrons. The molecule has 0 spiro atoms. The highest BCUT2D eigenvalue weighted by Gasteiger charge is 2.31. The van der Waals surface area contributed by atoms with Crippen molar-refractivity contribution >= 4 is 16.0 Å². The zero-order valence-electron chi connectivity index (χ0n) is 12.2. The molecule has 1 saturated heterocycles. The first-order valence-electron chi connectivity index (χ1n) is 6.58. The van der Waals surface area contributed by atoms with E-state index in [1.807, 2.05) is 0 Å². The molecule has 124 valence electrons. The number of rotatable bonds is 4. The lowest BCUT2D eigenvalue weighted by Crippen LogP contribution is -2.40. The molecular weight excluding hydrogens is 312 g/mol. The molecule has 0 aromatic heterocycles. The third-order valence-corrected chi connectivity index (χ3v) is 5.41. The van der Waals surface area contributed by atoms with Gasteiger partial charge in [-0.25, -0.2) is 14.3 Å². The van der Waals surface area contributed by atoms with Crippen molar-refractivity contribution < 1.29 is 28.3 Å². The number of hydrogen-bond donors (Lipinski definition) is 3. The van der Waals surface area contributed by atoms with Gasteiger partial charge in [0, 0.05) is 13.1 Å². The van der Waals surface area contributed by atoms with Crippen LogP contribution in [0.15, 0.2) is 29.2 Å². The molecule has 4 N–H and O–H groups in total. The third-order valence-electron chi connectivity index (χ3n) is 3.50. The van der Waals surface area contributed by atoms with Crippen LogP contribution in [0.4, 0.5) is 0 Å². The first-order chi connectivity index (χ1) is 10.4. The van der Waals surface area contributed by atoms with Crippen LogP contribution in [0.3, 0.4) is 0 Å². The minimum Gasteiger partial charge on any atom is -0.497 e. The van der Waals surface area contributed by atoms with E-state index in [0.29, 0.717) is 18.6 Å². The standard InChI is InChI=1S/C13H17NO5S.H3NO/c1-19-11-2-4-12(5-3-11)20(17,18)14-8-6-10(7-9-14)13(15)16;1-2/h2-5,10H,6-9H2,1H3,(H,15,16);2H,1H2. The molecule has 1 aromatic carbocycles. The summed E-state index contributed by atoms with van der Waals surface area (Å²) in [6.45, 7) is 0.483. The lowest BCUT2D eigenvalue weighted by molar-refractivity contribution is -0.142. The van der Waals surface area contributed by atoms with Gasteiger partial charge in [0.2, 0.25) is 10.0 Å². The van der Waals surface area contributed by atoms with Crippen molar-refractivity contribution in [3.05, 3.63) is 24.3 Å². The number of aliphatic carboxylic acids is 1. The molecule has 8 nitrogen and oxygen atoms in total. The predicted octanol–water partition coefficient (Wildman–Crippen LogP) is 0.515. The Morgan fingerprint density at radius 2 is 1.73 bits per heavy atom. The molecule has 0 unspecified atom stereocenters. The van der Waals surface area contributed by atoms with Gasteiger partial charge < -0.3 is 15.1 Å². The maximum Gasteiger partial charge on any atom is 0.306 e. The maximum atomic E-state index is 12.4. The summed E-state index contributed by atoms with van der Waals surface area (Å²) in [5.41, 5.74) is 0. The molecule has 1 aliphatic heterocycles. The Kier molecular flexibility index (Phi) is 6.75. The zero-order valence-corrected chi connectivity index (χ0v) is 13.0. The van der Waals surface area contributed by atoms with Gasteiger partial charge in [0.15, 0.2) is 0 Å². The molecule has 1 aromatic rings. The van der Waals surface area contributed by atoms with Crippen molar-refractivity contribution in [3.63, 3.8) is 0 Å². The van der Waals surface area contributed by atoms with Crippen molar-refractivity contribution in [2.45, 2.75) is 17.7 Å². The first kappa shape index (κ1) is 18.4. The van der Waals surface area contributed by atoms with E-state index in [0.717, 1.165) is 0 Å². The molecular formula is C13H20N2O6S. The molecule has 1 heterocycles. The Bertz CT molecular complexity index is 579. The largest absolute Gasteiger partial charge is 0.497 e. The second-order valence-corrected chi connectivity index (χ2v) is 6.63. The zero-order chi connectivity index (χ0) is 16.8. The van der Waals surface area contributed by atoms with Gasteiger partial charge in [0.1, 0.15) is 5.75 Å².